The van der Waals surface area contributed by atoms with E-state index in [1.54, 1.807) is 0 Å². The molecule has 2 aliphatic heterocycles. The summed E-state index contributed by atoms with van der Waals surface area (Å²) in [5, 5.41) is 0. The first-order valence-electron chi connectivity index (χ1n) is 6.84. The van der Waals surface area contributed by atoms with Crippen LogP contribution in [0.25, 0.3) is 0 Å². The number of nitrogens with two attached hydrogens (primary N) is 1. The fourth-order valence-electron chi connectivity index (χ4n) is 3.13. The quantitative estimate of drug-likeness (QED) is 0.808. The van der Waals surface area contributed by atoms with Crippen LogP contribution < -0.4 is 5.73 Å². The van der Waals surface area contributed by atoms with E-state index >= 15 is 0 Å². The molecule has 2 heterocycles. The Kier molecular flexibility index (Phi) is 4.08. The van der Waals surface area contributed by atoms with Crippen LogP contribution in [-0.4, -0.2) is 48.6 Å². The minimum absolute atomic E-state index is 0.180. The van der Waals surface area contributed by atoms with Gasteiger partial charge in [-0.2, -0.15) is 0 Å². The van der Waals surface area contributed by atoms with Crippen LogP contribution in [0.5, 0.6) is 0 Å². The van der Waals surface area contributed by atoms with Crippen molar-refractivity contribution in [3.8, 4) is 0 Å². The van der Waals surface area contributed by atoms with Gasteiger partial charge in [0.2, 0.25) is 0 Å². The van der Waals surface area contributed by atoms with Crippen molar-refractivity contribution in [1.29, 1.82) is 0 Å². The Labute approximate surface area is 104 Å². The molecule has 0 aromatic rings. The summed E-state index contributed by atoms with van der Waals surface area (Å²) in [6.45, 7) is 9.10. The maximum Gasteiger partial charge on any atom is 0.181 e. The molecule has 4 heteroatoms. The van der Waals surface area contributed by atoms with E-state index in [0.29, 0.717) is 25.2 Å². The molecule has 0 radical (unpaired) electrons. The van der Waals surface area contributed by atoms with Crippen LogP contribution in [0.15, 0.2) is 0 Å². The Balaban J connectivity index is 2.01. The number of ether oxygens (including phenoxy) is 2. The molecule has 0 aliphatic carbocycles. The minimum atomic E-state index is -0.430. The lowest BCUT2D eigenvalue weighted by Gasteiger charge is -2.38. The minimum Gasteiger partial charge on any atom is -0.346 e. The van der Waals surface area contributed by atoms with Crippen LogP contribution in [0.3, 0.4) is 0 Å². The van der Waals surface area contributed by atoms with Gasteiger partial charge in [-0.3, -0.25) is 4.90 Å². The predicted octanol–water partition coefficient (Wildman–Crippen LogP) is 1.34. The fourth-order valence-corrected chi connectivity index (χ4v) is 3.13. The lowest BCUT2D eigenvalue weighted by molar-refractivity contribution is -0.195. The molecule has 0 saturated carbocycles. The third-order valence-corrected chi connectivity index (χ3v) is 4.01. The van der Waals surface area contributed by atoms with Crippen LogP contribution in [0.4, 0.5) is 0 Å². The Morgan fingerprint density at radius 2 is 2.24 bits per heavy atom. The third kappa shape index (κ3) is 2.65. The molecule has 3 unspecified atom stereocenters. The van der Waals surface area contributed by atoms with Gasteiger partial charge in [0.15, 0.2) is 5.79 Å². The average molecular weight is 242 g/mol. The highest BCUT2D eigenvalue weighted by molar-refractivity contribution is 4.93. The molecular weight excluding hydrogens is 216 g/mol. The number of rotatable bonds is 4. The van der Waals surface area contributed by atoms with Crippen LogP contribution in [0.1, 0.15) is 40.0 Å². The van der Waals surface area contributed by atoms with Crippen LogP contribution in [0, 0.1) is 0 Å². The predicted molar refractivity (Wildman–Crippen MR) is 67.8 cm³/mol. The van der Waals surface area contributed by atoms with Crippen molar-refractivity contribution in [1.82, 2.24) is 4.90 Å². The first-order valence-corrected chi connectivity index (χ1v) is 6.84. The second kappa shape index (κ2) is 5.22. The standard InChI is InChI=1S/C13H26N2O2/c1-10(2)15-8-4-5-12(15)13(3)16-9-11(17-13)6-7-14/h10-12H,4-9,14H2,1-3H3. The normalized spacial score (nSPS) is 39.4. The lowest BCUT2D eigenvalue weighted by atomic mass is 10.1. The number of nitrogens with zero attached hydrogens (tertiary/aromatic N) is 1. The number of hydrogen-bond donors (Lipinski definition) is 1. The molecule has 17 heavy (non-hydrogen) atoms. The maximum atomic E-state index is 6.11. The molecule has 2 saturated heterocycles. The zero-order valence-corrected chi connectivity index (χ0v) is 11.3. The molecule has 4 nitrogen and oxygen atoms in total. The van der Waals surface area contributed by atoms with Gasteiger partial charge in [0.1, 0.15) is 0 Å². The highest BCUT2D eigenvalue weighted by Gasteiger charge is 2.48. The Hall–Kier alpha value is -0.160. The van der Waals surface area contributed by atoms with Gasteiger partial charge in [0, 0.05) is 6.04 Å². The number of hydrogen-bond acceptors (Lipinski definition) is 4. The topological polar surface area (TPSA) is 47.7 Å². The van der Waals surface area contributed by atoms with Gasteiger partial charge in [-0.25, -0.2) is 0 Å². The van der Waals surface area contributed by atoms with Gasteiger partial charge in [-0.15, -0.1) is 0 Å². The molecule has 100 valence electrons. The van der Waals surface area contributed by atoms with Gasteiger partial charge in [-0.1, -0.05) is 0 Å². The molecule has 2 N–H and O–H groups in total. The Bertz CT molecular complexity index is 260. The van der Waals surface area contributed by atoms with E-state index < -0.39 is 5.79 Å². The van der Waals surface area contributed by atoms with Crippen molar-refractivity contribution in [2.24, 2.45) is 5.73 Å². The summed E-state index contributed by atoms with van der Waals surface area (Å²) in [6, 6.07) is 0.949. The van der Waals surface area contributed by atoms with Gasteiger partial charge >= 0.3 is 0 Å². The van der Waals surface area contributed by atoms with Crippen LogP contribution in [-0.2, 0) is 9.47 Å². The molecule has 0 aromatic heterocycles. The monoisotopic (exact) mass is 242 g/mol. The van der Waals surface area contributed by atoms with Gasteiger partial charge in [-0.05, 0) is 53.1 Å². The van der Waals surface area contributed by atoms with Crippen molar-refractivity contribution < 1.29 is 9.47 Å². The third-order valence-electron chi connectivity index (χ3n) is 4.01. The summed E-state index contributed by atoms with van der Waals surface area (Å²) in [7, 11) is 0. The number of likely N-dealkylation sites (tertiary alicyclic amines) is 1. The summed E-state index contributed by atoms with van der Waals surface area (Å²) in [5.41, 5.74) is 5.58. The van der Waals surface area contributed by atoms with E-state index in [0.717, 1.165) is 13.0 Å². The van der Waals surface area contributed by atoms with E-state index in [9.17, 15) is 0 Å². The molecule has 2 rings (SSSR count). The zero-order valence-electron chi connectivity index (χ0n) is 11.3. The highest BCUT2D eigenvalue weighted by Crippen LogP contribution is 2.36. The molecular formula is C13H26N2O2. The molecule has 3 atom stereocenters. The summed E-state index contributed by atoms with van der Waals surface area (Å²) >= 11 is 0. The average Bonchev–Trinajstić information content (AvgIpc) is 2.86. The Morgan fingerprint density at radius 3 is 2.88 bits per heavy atom. The molecule has 0 spiro atoms. The molecule has 0 aromatic carbocycles. The maximum absolute atomic E-state index is 6.11. The molecule has 2 fully saturated rings. The van der Waals surface area contributed by atoms with E-state index in [2.05, 4.69) is 25.7 Å². The highest BCUT2D eigenvalue weighted by atomic mass is 16.7. The Morgan fingerprint density at radius 1 is 1.47 bits per heavy atom. The SMILES string of the molecule is CC(C)N1CCCC1C1(C)OCC(CCN)O1. The first-order chi connectivity index (χ1) is 8.07. The van der Waals surface area contributed by atoms with E-state index in [-0.39, 0.29) is 6.10 Å². The zero-order chi connectivity index (χ0) is 12.5. The summed E-state index contributed by atoms with van der Waals surface area (Å²) in [6.07, 6.45) is 3.49. The van der Waals surface area contributed by atoms with Crippen molar-refractivity contribution in [2.75, 3.05) is 19.7 Å². The summed E-state index contributed by atoms with van der Waals surface area (Å²) < 4.78 is 12.1. The van der Waals surface area contributed by atoms with Gasteiger partial charge < -0.3 is 15.2 Å². The second-order valence-electron chi connectivity index (χ2n) is 5.63. The van der Waals surface area contributed by atoms with Crippen molar-refractivity contribution in [3.05, 3.63) is 0 Å². The van der Waals surface area contributed by atoms with Gasteiger partial charge in [0.25, 0.3) is 0 Å². The summed E-state index contributed by atoms with van der Waals surface area (Å²) in [4.78, 5) is 2.50. The van der Waals surface area contributed by atoms with E-state index in [4.69, 9.17) is 15.2 Å². The largest absolute Gasteiger partial charge is 0.346 e. The molecule has 2 aliphatic rings. The lowest BCUT2D eigenvalue weighted by Crippen LogP contribution is -2.51. The second-order valence-corrected chi connectivity index (χ2v) is 5.63. The van der Waals surface area contributed by atoms with Crippen molar-refractivity contribution in [3.63, 3.8) is 0 Å². The van der Waals surface area contributed by atoms with Gasteiger partial charge in [0.05, 0.1) is 18.8 Å². The van der Waals surface area contributed by atoms with Crippen molar-refractivity contribution in [2.45, 2.75) is 64.0 Å². The smallest absolute Gasteiger partial charge is 0.181 e. The van der Waals surface area contributed by atoms with E-state index in [1.165, 1.54) is 12.8 Å². The molecule has 0 bridgehead atoms. The summed E-state index contributed by atoms with van der Waals surface area (Å²) in [5.74, 6) is -0.430. The van der Waals surface area contributed by atoms with E-state index in [1.807, 2.05) is 0 Å². The van der Waals surface area contributed by atoms with Crippen LogP contribution >= 0.6 is 0 Å². The van der Waals surface area contributed by atoms with Crippen LogP contribution in [0.2, 0.25) is 0 Å². The fraction of sp³-hybridized carbons (Fsp3) is 1.00. The molecule has 0 amide bonds. The first kappa shape index (κ1) is 13.3. The van der Waals surface area contributed by atoms with Crippen molar-refractivity contribution >= 4 is 0 Å².